The Bertz CT molecular complexity index is 652. The SMILES string of the molecule is CCNC(c1ccc(Br)cc1C)c1cc(C)c(Cl)cc1C. The zero-order valence-corrected chi connectivity index (χ0v) is 15.3. The molecule has 0 aliphatic heterocycles. The van der Waals surface area contributed by atoms with Crippen LogP contribution in [0.3, 0.4) is 0 Å². The van der Waals surface area contributed by atoms with Crippen molar-refractivity contribution in [2.45, 2.75) is 33.7 Å². The van der Waals surface area contributed by atoms with E-state index < -0.39 is 0 Å². The summed E-state index contributed by atoms with van der Waals surface area (Å²) in [5.74, 6) is 0. The van der Waals surface area contributed by atoms with Gasteiger partial charge < -0.3 is 5.32 Å². The Balaban J connectivity index is 2.55. The largest absolute Gasteiger partial charge is 0.307 e. The highest BCUT2D eigenvalue weighted by Crippen LogP contribution is 2.31. The van der Waals surface area contributed by atoms with E-state index >= 15 is 0 Å². The molecule has 2 aromatic carbocycles. The van der Waals surface area contributed by atoms with Crippen molar-refractivity contribution in [1.82, 2.24) is 5.32 Å². The van der Waals surface area contributed by atoms with Crippen molar-refractivity contribution >= 4 is 27.5 Å². The summed E-state index contributed by atoms with van der Waals surface area (Å²) in [6.07, 6.45) is 0. The Labute approximate surface area is 140 Å². The highest BCUT2D eigenvalue weighted by molar-refractivity contribution is 9.10. The fourth-order valence-corrected chi connectivity index (χ4v) is 3.36. The minimum atomic E-state index is 0.194. The Morgan fingerprint density at radius 3 is 2.29 bits per heavy atom. The van der Waals surface area contributed by atoms with Crippen LogP contribution in [0, 0.1) is 20.8 Å². The predicted molar refractivity (Wildman–Crippen MR) is 95.3 cm³/mol. The van der Waals surface area contributed by atoms with E-state index in [0.717, 1.165) is 21.6 Å². The lowest BCUT2D eigenvalue weighted by atomic mass is 9.91. The second-order valence-corrected chi connectivity index (χ2v) is 6.77. The second kappa shape index (κ2) is 6.95. The summed E-state index contributed by atoms with van der Waals surface area (Å²) in [6.45, 7) is 9.39. The first-order valence-corrected chi connectivity index (χ1v) is 8.37. The molecular formula is C18H21BrClN. The third kappa shape index (κ3) is 3.68. The summed E-state index contributed by atoms with van der Waals surface area (Å²) < 4.78 is 1.11. The monoisotopic (exact) mass is 365 g/mol. The maximum Gasteiger partial charge on any atom is 0.0581 e. The van der Waals surface area contributed by atoms with Gasteiger partial charge in [-0.1, -0.05) is 46.6 Å². The molecule has 3 heteroatoms. The van der Waals surface area contributed by atoms with Crippen molar-refractivity contribution < 1.29 is 0 Å². The molecule has 0 spiro atoms. The fourth-order valence-electron chi connectivity index (χ4n) is 2.67. The average Bonchev–Trinajstić information content (AvgIpc) is 2.41. The van der Waals surface area contributed by atoms with E-state index in [4.69, 9.17) is 11.6 Å². The van der Waals surface area contributed by atoms with Crippen LogP contribution in [-0.2, 0) is 0 Å². The zero-order valence-electron chi connectivity index (χ0n) is 12.9. The van der Waals surface area contributed by atoms with Gasteiger partial charge in [0.2, 0.25) is 0 Å². The molecule has 0 aromatic heterocycles. The summed E-state index contributed by atoms with van der Waals surface area (Å²) in [4.78, 5) is 0. The van der Waals surface area contributed by atoms with Crippen LogP contribution in [0.2, 0.25) is 5.02 Å². The van der Waals surface area contributed by atoms with E-state index in [0.29, 0.717) is 0 Å². The van der Waals surface area contributed by atoms with E-state index in [1.165, 1.54) is 22.3 Å². The maximum atomic E-state index is 6.24. The number of aryl methyl sites for hydroxylation is 3. The smallest absolute Gasteiger partial charge is 0.0581 e. The third-order valence-corrected chi connectivity index (χ3v) is 4.71. The standard InChI is InChI=1S/C18H21BrClN/c1-5-21-18(15-7-6-14(19)8-11(15)2)16-9-13(4)17(20)10-12(16)3/h6-10,18,21H,5H2,1-4H3. The lowest BCUT2D eigenvalue weighted by Gasteiger charge is -2.23. The van der Waals surface area contributed by atoms with Gasteiger partial charge in [0.15, 0.2) is 0 Å². The van der Waals surface area contributed by atoms with Crippen LogP contribution in [0.1, 0.15) is 40.8 Å². The Morgan fingerprint density at radius 2 is 1.67 bits per heavy atom. The van der Waals surface area contributed by atoms with Crippen molar-refractivity contribution in [2.24, 2.45) is 0 Å². The first-order valence-electron chi connectivity index (χ1n) is 7.20. The molecule has 0 fully saturated rings. The van der Waals surface area contributed by atoms with Crippen molar-refractivity contribution in [3.8, 4) is 0 Å². The molecule has 0 amide bonds. The molecule has 0 saturated carbocycles. The summed E-state index contributed by atoms with van der Waals surface area (Å²) in [7, 11) is 0. The van der Waals surface area contributed by atoms with Crippen molar-refractivity contribution in [3.05, 3.63) is 67.6 Å². The topological polar surface area (TPSA) is 12.0 Å². The Hall–Kier alpha value is -0.830. The number of halogens is 2. The summed E-state index contributed by atoms with van der Waals surface area (Å²) in [5, 5.41) is 4.44. The number of hydrogen-bond donors (Lipinski definition) is 1. The van der Waals surface area contributed by atoms with Crippen LogP contribution in [-0.4, -0.2) is 6.54 Å². The van der Waals surface area contributed by atoms with Crippen molar-refractivity contribution in [3.63, 3.8) is 0 Å². The van der Waals surface area contributed by atoms with Gasteiger partial charge in [-0.25, -0.2) is 0 Å². The van der Waals surface area contributed by atoms with Gasteiger partial charge in [0, 0.05) is 9.50 Å². The van der Waals surface area contributed by atoms with E-state index in [-0.39, 0.29) is 6.04 Å². The molecule has 0 aliphatic rings. The molecule has 1 unspecified atom stereocenters. The van der Waals surface area contributed by atoms with E-state index in [9.17, 15) is 0 Å². The van der Waals surface area contributed by atoms with Crippen LogP contribution in [0.5, 0.6) is 0 Å². The molecule has 0 aliphatic carbocycles. The van der Waals surface area contributed by atoms with E-state index in [1.54, 1.807) is 0 Å². The van der Waals surface area contributed by atoms with Crippen LogP contribution in [0.25, 0.3) is 0 Å². The molecule has 1 N–H and O–H groups in total. The molecule has 0 saturated heterocycles. The Kier molecular flexibility index (Phi) is 5.48. The first-order chi connectivity index (χ1) is 9.93. The normalized spacial score (nSPS) is 12.5. The van der Waals surface area contributed by atoms with Crippen LogP contribution < -0.4 is 5.32 Å². The summed E-state index contributed by atoms with van der Waals surface area (Å²) >= 11 is 9.78. The van der Waals surface area contributed by atoms with Gasteiger partial charge in [-0.2, -0.15) is 0 Å². The van der Waals surface area contributed by atoms with Crippen LogP contribution >= 0.6 is 27.5 Å². The van der Waals surface area contributed by atoms with Gasteiger partial charge in [-0.05, 0) is 73.3 Å². The number of rotatable bonds is 4. The molecule has 1 nitrogen and oxygen atoms in total. The lowest BCUT2D eigenvalue weighted by molar-refractivity contribution is 0.624. The third-order valence-electron chi connectivity index (χ3n) is 3.81. The highest BCUT2D eigenvalue weighted by Gasteiger charge is 2.18. The molecule has 2 rings (SSSR count). The molecule has 21 heavy (non-hydrogen) atoms. The fraction of sp³-hybridized carbons (Fsp3) is 0.333. The minimum Gasteiger partial charge on any atom is -0.307 e. The second-order valence-electron chi connectivity index (χ2n) is 5.45. The molecule has 0 bridgehead atoms. The van der Waals surface area contributed by atoms with Crippen molar-refractivity contribution in [2.75, 3.05) is 6.54 Å². The number of nitrogens with one attached hydrogen (secondary N) is 1. The molecule has 0 radical (unpaired) electrons. The van der Waals surface area contributed by atoms with Gasteiger partial charge in [-0.15, -0.1) is 0 Å². The van der Waals surface area contributed by atoms with Gasteiger partial charge in [0.1, 0.15) is 0 Å². The zero-order chi connectivity index (χ0) is 15.6. The van der Waals surface area contributed by atoms with Gasteiger partial charge in [0.05, 0.1) is 6.04 Å². The average molecular weight is 367 g/mol. The molecule has 0 heterocycles. The first kappa shape index (κ1) is 16.5. The quantitative estimate of drug-likeness (QED) is 0.729. The van der Waals surface area contributed by atoms with Crippen LogP contribution in [0.4, 0.5) is 0 Å². The number of hydrogen-bond acceptors (Lipinski definition) is 1. The van der Waals surface area contributed by atoms with Crippen LogP contribution in [0.15, 0.2) is 34.8 Å². The molecular weight excluding hydrogens is 346 g/mol. The Morgan fingerprint density at radius 1 is 1.00 bits per heavy atom. The molecule has 1 atom stereocenters. The minimum absolute atomic E-state index is 0.194. The van der Waals surface area contributed by atoms with E-state index in [2.05, 4.69) is 79.3 Å². The maximum absolute atomic E-state index is 6.24. The highest BCUT2D eigenvalue weighted by atomic mass is 79.9. The van der Waals surface area contributed by atoms with E-state index in [1.807, 2.05) is 0 Å². The lowest BCUT2D eigenvalue weighted by Crippen LogP contribution is -2.23. The molecule has 112 valence electrons. The summed E-state index contributed by atoms with van der Waals surface area (Å²) in [5.41, 5.74) is 6.23. The van der Waals surface area contributed by atoms with Gasteiger partial charge in [0.25, 0.3) is 0 Å². The summed E-state index contributed by atoms with van der Waals surface area (Å²) in [6, 6.07) is 10.9. The number of benzene rings is 2. The predicted octanol–water partition coefficient (Wildman–Crippen LogP) is 5.73. The molecule has 2 aromatic rings. The van der Waals surface area contributed by atoms with Gasteiger partial charge in [-0.3, -0.25) is 0 Å². The van der Waals surface area contributed by atoms with Gasteiger partial charge >= 0.3 is 0 Å². The van der Waals surface area contributed by atoms with Crippen molar-refractivity contribution in [1.29, 1.82) is 0 Å².